The van der Waals surface area contributed by atoms with Crippen molar-refractivity contribution < 1.29 is 4.79 Å². The number of hydrogen-bond donors (Lipinski definition) is 1. The van der Waals surface area contributed by atoms with E-state index < -0.39 is 0 Å². The zero-order valence-electron chi connectivity index (χ0n) is 14.4. The summed E-state index contributed by atoms with van der Waals surface area (Å²) in [5.41, 5.74) is 3.84. The maximum atomic E-state index is 12.5. The molecule has 1 aliphatic carbocycles. The van der Waals surface area contributed by atoms with Crippen LogP contribution in [-0.2, 0) is 24.1 Å². The molecule has 4 rings (SSSR count). The quantitative estimate of drug-likeness (QED) is 0.745. The van der Waals surface area contributed by atoms with Crippen LogP contribution in [0.1, 0.15) is 34.4 Å². The highest BCUT2D eigenvalue weighted by Crippen LogP contribution is 2.37. The van der Waals surface area contributed by atoms with Crippen molar-refractivity contribution in [2.75, 3.05) is 5.32 Å². The van der Waals surface area contributed by atoms with Crippen molar-refractivity contribution in [1.82, 2.24) is 4.57 Å². The van der Waals surface area contributed by atoms with Crippen LogP contribution in [0.5, 0.6) is 0 Å². The minimum Gasteiger partial charge on any atom is -0.324 e. The van der Waals surface area contributed by atoms with Gasteiger partial charge in [0, 0.05) is 23.0 Å². The Hall–Kier alpha value is -2.84. The molecule has 2 heterocycles. The van der Waals surface area contributed by atoms with E-state index in [4.69, 9.17) is 0 Å². The largest absolute Gasteiger partial charge is 0.324 e. The van der Waals surface area contributed by atoms with Crippen molar-refractivity contribution >= 4 is 22.2 Å². The van der Waals surface area contributed by atoms with E-state index in [1.165, 1.54) is 11.3 Å². The highest BCUT2D eigenvalue weighted by molar-refractivity contribution is 7.16. The molecule has 0 fully saturated rings. The number of fused-ring (bicyclic) bond motifs is 1. The summed E-state index contributed by atoms with van der Waals surface area (Å²) in [7, 11) is 0. The summed E-state index contributed by atoms with van der Waals surface area (Å²) in [6, 6.07) is 14.2. The summed E-state index contributed by atoms with van der Waals surface area (Å²) in [6.07, 6.45) is 8.54. The number of nitrogens with one attached hydrogen (secondary N) is 1. The molecule has 1 N–H and O–H groups in total. The third-order valence-corrected chi connectivity index (χ3v) is 5.95. The molecule has 4 nitrogen and oxygen atoms in total. The molecule has 0 spiro atoms. The first kappa shape index (κ1) is 16.6. The van der Waals surface area contributed by atoms with Gasteiger partial charge in [-0.3, -0.25) is 4.79 Å². The van der Waals surface area contributed by atoms with E-state index >= 15 is 0 Å². The van der Waals surface area contributed by atoms with Crippen molar-refractivity contribution in [1.29, 1.82) is 5.26 Å². The van der Waals surface area contributed by atoms with E-state index in [1.807, 2.05) is 53.4 Å². The van der Waals surface area contributed by atoms with Crippen LogP contribution in [0.25, 0.3) is 5.69 Å². The third kappa shape index (κ3) is 3.29. The molecular weight excluding hydrogens is 342 g/mol. The first-order valence-electron chi connectivity index (χ1n) is 8.81. The number of rotatable bonds is 4. The summed E-state index contributed by atoms with van der Waals surface area (Å²) in [6.45, 7) is 0. The van der Waals surface area contributed by atoms with Crippen molar-refractivity contribution in [2.24, 2.45) is 0 Å². The molecule has 26 heavy (non-hydrogen) atoms. The van der Waals surface area contributed by atoms with Crippen molar-refractivity contribution in [2.45, 2.75) is 32.1 Å². The summed E-state index contributed by atoms with van der Waals surface area (Å²) in [4.78, 5) is 13.7. The van der Waals surface area contributed by atoms with Crippen molar-refractivity contribution in [3.05, 3.63) is 70.4 Å². The fourth-order valence-electron chi connectivity index (χ4n) is 3.42. The number of hydrogen-bond acceptors (Lipinski definition) is 3. The lowest BCUT2D eigenvalue weighted by atomic mass is 9.96. The monoisotopic (exact) mass is 361 g/mol. The molecule has 1 aliphatic rings. The Bertz CT molecular complexity index is 962. The van der Waals surface area contributed by atoms with E-state index in [0.717, 1.165) is 36.1 Å². The van der Waals surface area contributed by atoms with Crippen LogP contribution in [0.3, 0.4) is 0 Å². The second-order valence-electron chi connectivity index (χ2n) is 6.51. The number of benzene rings is 1. The maximum absolute atomic E-state index is 12.5. The Labute approximate surface area is 156 Å². The summed E-state index contributed by atoms with van der Waals surface area (Å²) < 4.78 is 2.03. The molecule has 1 amide bonds. The summed E-state index contributed by atoms with van der Waals surface area (Å²) >= 11 is 1.57. The first-order chi connectivity index (χ1) is 12.7. The van der Waals surface area contributed by atoms with Crippen LogP contribution < -0.4 is 5.32 Å². The topological polar surface area (TPSA) is 57.8 Å². The standard InChI is InChI=1S/C21H19N3OS/c22-14-18-17-5-1-2-6-19(17)26-21(18)23-20(25)13-15-7-9-16(10-8-15)24-11-3-4-12-24/h3-4,7-12H,1-2,5-6,13H2,(H,23,25). The van der Waals surface area contributed by atoms with Gasteiger partial charge in [-0.2, -0.15) is 5.26 Å². The van der Waals surface area contributed by atoms with Gasteiger partial charge in [0.05, 0.1) is 12.0 Å². The molecule has 5 heteroatoms. The Morgan fingerprint density at radius 1 is 1.15 bits per heavy atom. The molecular formula is C21H19N3OS. The first-order valence-corrected chi connectivity index (χ1v) is 9.63. The number of aromatic nitrogens is 1. The fraction of sp³-hybridized carbons (Fsp3) is 0.238. The number of carbonyl (C=O) groups is 1. The second kappa shape index (κ2) is 7.19. The van der Waals surface area contributed by atoms with Gasteiger partial charge >= 0.3 is 0 Å². The molecule has 0 saturated heterocycles. The Morgan fingerprint density at radius 2 is 1.88 bits per heavy atom. The highest BCUT2D eigenvalue weighted by atomic mass is 32.1. The molecule has 0 unspecified atom stereocenters. The SMILES string of the molecule is N#Cc1c(NC(=O)Cc2ccc(-n3cccc3)cc2)sc2c1CCCC2. The molecule has 0 atom stereocenters. The molecule has 0 bridgehead atoms. The smallest absolute Gasteiger partial charge is 0.229 e. The van der Waals surface area contributed by atoms with E-state index in [2.05, 4.69) is 11.4 Å². The van der Waals surface area contributed by atoms with Crippen LogP contribution in [0, 0.1) is 11.3 Å². The number of amides is 1. The van der Waals surface area contributed by atoms with Gasteiger partial charge in [0.2, 0.25) is 5.91 Å². The van der Waals surface area contributed by atoms with E-state index in [1.54, 1.807) is 11.3 Å². The fourth-order valence-corrected chi connectivity index (χ4v) is 4.68. The predicted octanol–water partition coefficient (Wildman–Crippen LogP) is 4.47. The van der Waals surface area contributed by atoms with Gasteiger partial charge in [0.15, 0.2) is 0 Å². The normalized spacial score (nSPS) is 13.0. The Kier molecular flexibility index (Phi) is 4.59. The number of aryl methyl sites for hydroxylation is 1. The average Bonchev–Trinajstić information content (AvgIpc) is 3.29. The van der Waals surface area contributed by atoms with Gasteiger partial charge in [0.25, 0.3) is 0 Å². The van der Waals surface area contributed by atoms with Crippen molar-refractivity contribution in [3.63, 3.8) is 0 Å². The number of nitriles is 1. The minimum absolute atomic E-state index is 0.0752. The number of nitrogens with zero attached hydrogens (tertiary/aromatic N) is 2. The lowest BCUT2D eigenvalue weighted by Gasteiger charge is -2.09. The van der Waals surface area contributed by atoms with Gasteiger partial charge in [-0.1, -0.05) is 12.1 Å². The van der Waals surface area contributed by atoms with Crippen molar-refractivity contribution in [3.8, 4) is 11.8 Å². The third-order valence-electron chi connectivity index (χ3n) is 4.74. The number of anilines is 1. The molecule has 2 aromatic heterocycles. The van der Waals surface area contributed by atoms with Crippen LogP contribution in [-0.4, -0.2) is 10.5 Å². The average molecular weight is 361 g/mol. The zero-order chi connectivity index (χ0) is 17.9. The molecule has 130 valence electrons. The molecule has 0 radical (unpaired) electrons. The molecule has 0 saturated carbocycles. The Morgan fingerprint density at radius 3 is 2.62 bits per heavy atom. The predicted molar refractivity (Wildman–Crippen MR) is 104 cm³/mol. The molecule has 0 aliphatic heterocycles. The van der Waals surface area contributed by atoms with Crippen LogP contribution in [0.4, 0.5) is 5.00 Å². The maximum Gasteiger partial charge on any atom is 0.229 e. The van der Waals surface area contributed by atoms with E-state index in [0.29, 0.717) is 17.0 Å². The van der Waals surface area contributed by atoms with E-state index in [-0.39, 0.29) is 5.91 Å². The van der Waals surface area contributed by atoms with Gasteiger partial charge < -0.3 is 9.88 Å². The van der Waals surface area contributed by atoms with Crippen LogP contribution >= 0.6 is 11.3 Å². The molecule has 1 aromatic carbocycles. The van der Waals surface area contributed by atoms with Crippen LogP contribution in [0.15, 0.2) is 48.8 Å². The minimum atomic E-state index is -0.0752. The Balaban J connectivity index is 1.46. The second-order valence-corrected chi connectivity index (χ2v) is 7.61. The van der Waals surface area contributed by atoms with Gasteiger partial charge in [-0.05, 0) is 61.1 Å². The van der Waals surface area contributed by atoms with Gasteiger partial charge in [0.1, 0.15) is 11.1 Å². The summed E-state index contributed by atoms with van der Waals surface area (Å²) in [5.74, 6) is -0.0752. The highest BCUT2D eigenvalue weighted by Gasteiger charge is 2.21. The van der Waals surface area contributed by atoms with E-state index in [9.17, 15) is 10.1 Å². The molecule has 3 aromatic rings. The number of carbonyl (C=O) groups excluding carboxylic acids is 1. The lowest BCUT2D eigenvalue weighted by molar-refractivity contribution is -0.115. The lowest BCUT2D eigenvalue weighted by Crippen LogP contribution is -2.14. The van der Waals surface area contributed by atoms with Gasteiger partial charge in [-0.15, -0.1) is 11.3 Å². The number of thiophene rings is 1. The summed E-state index contributed by atoms with van der Waals surface area (Å²) in [5, 5.41) is 13.2. The van der Waals surface area contributed by atoms with Gasteiger partial charge in [-0.25, -0.2) is 0 Å². The van der Waals surface area contributed by atoms with Crippen LogP contribution in [0.2, 0.25) is 0 Å². The zero-order valence-corrected chi connectivity index (χ0v) is 15.2.